The third-order valence-electron chi connectivity index (χ3n) is 6.13. The van der Waals surface area contributed by atoms with Gasteiger partial charge in [-0.15, -0.1) is 10.2 Å². The lowest BCUT2D eigenvalue weighted by Gasteiger charge is -2.17. The van der Waals surface area contributed by atoms with E-state index in [-0.39, 0.29) is 11.7 Å². The predicted octanol–water partition coefficient (Wildman–Crippen LogP) is 7.57. The van der Waals surface area contributed by atoms with Crippen molar-refractivity contribution >= 4 is 35.0 Å². The molecule has 3 aromatic carbocycles. The third kappa shape index (κ3) is 5.66. The van der Waals surface area contributed by atoms with E-state index in [1.807, 2.05) is 41.0 Å². The normalized spacial score (nSPS) is 11.2. The van der Waals surface area contributed by atoms with Gasteiger partial charge in [0.05, 0.1) is 11.4 Å². The minimum Gasteiger partial charge on any atom is -0.325 e. The van der Waals surface area contributed by atoms with E-state index >= 15 is 0 Å². The van der Waals surface area contributed by atoms with Crippen LogP contribution in [-0.4, -0.2) is 26.4 Å². The molecule has 4 rings (SSSR count). The molecule has 0 atom stereocenters. The van der Waals surface area contributed by atoms with Gasteiger partial charge in [0, 0.05) is 16.3 Å². The number of benzene rings is 3. The molecule has 1 aromatic heterocycles. The maximum absolute atomic E-state index is 13.1. The standard InChI is InChI=1S/C29H31ClN4OS/c1-5-20-10-9-11-21(6-2)27(20)31-26(35)18-36-29-33-32-28(22-14-16-23(30)17-15-22)34(29)25-13-8-7-12-24(25)19(3)4/h7-17,19H,5-6,18H2,1-4H3,(H,31,35). The van der Waals surface area contributed by atoms with E-state index in [0.717, 1.165) is 40.9 Å². The summed E-state index contributed by atoms with van der Waals surface area (Å²) in [6.45, 7) is 8.54. The number of aryl methyl sites for hydroxylation is 2. The zero-order valence-electron chi connectivity index (χ0n) is 21.1. The fourth-order valence-electron chi connectivity index (χ4n) is 4.25. The zero-order valence-corrected chi connectivity index (χ0v) is 22.7. The molecule has 5 nitrogen and oxygen atoms in total. The number of amides is 1. The van der Waals surface area contributed by atoms with Crippen LogP contribution in [0.4, 0.5) is 5.69 Å². The van der Waals surface area contributed by atoms with Crippen molar-refractivity contribution in [2.45, 2.75) is 51.6 Å². The van der Waals surface area contributed by atoms with Crippen LogP contribution < -0.4 is 5.32 Å². The Morgan fingerprint density at radius 3 is 2.25 bits per heavy atom. The van der Waals surface area contributed by atoms with Crippen molar-refractivity contribution in [1.82, 2.24) is 14.8 Å². The maximum atomic E-state index is 13.1. The molecule has 0 aliphatic rings. The van der Waals surface area contributed by atoms with Gasteiger partial charge >= 0.3 is 0 Å². The Bertz CT molecular complexity index is 1330. The van der Waals surface area contributed by atoms with Crippen LogP contribution in [-0.2, 0) is 17.6 Å². The molecular formula is C29H31ClN4OS. The Hall–Kier alpha value is -3.09. The maximum Gasteiger partial charge on any atom is 0.234 e. The molecule has 1 heterocycles. The Morgan fingerprint density at radius 1 is 0.944 bits per heavy atom. The van der Waals surface area contributed by atoms with Crippen LogP contribution in [0, 0.1) is 0 Å². The van der Waals surface area contributed by atoms with E-state index in [1.54, 1.807) is 0 Å². The van der Waals surface area contributed by atoms with Gasteiger partial charge in [-0.2, -0.15) is 0 Å². The quantitative estimate of drug-likeness (QED) is 0.232. The Balaban J connectivity index is 1.67. The van der Waals surface area contributed by atoms with Gasteiger partial charge in [0.25, 0.3) is 0 Å². The number of nitrogens with one attached hydrogen (secondary N) is 1. The molecule has 0 saturated carbocycles. The van der Waals surface area contributed by atoms with Gasteiger partial charge in [-0.05, 0) is 65.8 Å². The minimum atomic E-state index is -0.0599. The predicted molar refractivity (Wildman–Crippen MR) is 150 cm³/mol. The molecule has 4 aromatic rings. The highest BCUT2D eigenvalue weighted by atomic mass is 35.5. The molecule has 36 heavy (non-hydrogen) atoms. The molecule has 0 fully saturated rings. The number of anilines is 1. The number of carbonyl (C=O) groups excluding carboxylic acids is 1. The van der Waals surface area contributed by atoms with Crippen LogP contribution in [0.5, 0.6) is 0 Å². The molecule has 0 radical (unpaired) electrons. The van der Waals surface area contributed by atoms with Crippen molar-refractivity contribution in [3.05, 3.63) is 88.4 Å². The van der Waals surface area contributed by atoms with Gasteiger partial charge in [-0.3, -0.25) is 9.36 Å². The summed E-state index contributed by atoms with van der Waals surface area (Å²) < 4.78 is 2.05. The van der Waals surface area contributed by atoms with Crippen LogP contribution >= 0.6 is 23.4 Å². The molecule has 0 saturated heterocycles. The van der Waals surface area contributed by atoms with Crippen molar-refractivity contribution in [2.75, 3.05) is 11.1 Å². The van der Waals surface area contributed by atoms with E-state index in [2.05, 4.69) is 73.5 Å². The van der Waals surface area contributed by atoms with Crippen molar-refractivity contribution in [3.63, 3.8) is 0 Å². The first-order valence-electron chi connectivity index (χ1n) is 12.3. The van der Waals surface area contributed by atoms with E-state index < -0.39 is 0 Å². The summed E-state index contributed by atoms with van der Waals surface area (Å²) in [5.41, 5.74) is 6.32. The lowest BCUT2D eigenvalue weighted by molar-refractivity contribution is -0.113. The molecular weight excluding hydrogens is 488 g/mol. The van der Waals surface area contributed by atoms with E-state index in [4.69, 9.17) is 11.6 Å². The second-order valence-corrected chi connectivity index (χ2v) is 10.2. The van der Waals surface area contributed by atoms with Crippen LogP contribution in [0.2, 0.25) is 5.02 Å². The van der Waals surface area contributed by atoms with Gasteiger partial charge in [-0.25, -0.2) is 0 Å². The number of rotatable bonds is 9. The monoisotopic (exact) mass is 518 g/mol. The van der Waals surface area contributed by atoms with Crippen molar-refractivity contribution in [3.8, 4) is 17.1 Å². The molecule has 0 aliphatic heterocycles. The number of para-hydroxylation sites is 2. The average molecular weight is 519 g/mol. The first-order chi connectivity index (χ1) is 17.4. The van der Waals surface area contributed by atoms with Gasteiger partial charge in [0.1, 0.15) is 0 Å². The summed E-state index contributed by atoms with van der Waals surface area (Å²) in [6.07, 6.45) is 1.72. The van der Waals surface area contributed by atoms with Gasteiger partial charge < -0.3 is 5.32 Å². The van der Waals surface area contributed by atoms with Crippen molar-refractivity contribution in [2.24, 2.45) is 0 Å². The number of hydrogen-bond acceptors (Lipinski definition) is 4. The number of halogens is 1. The molecule has 0 unspecified atom stereocenters. The number of aromatic nitrogens is 3. The van der Waals surface area contributed by atoms with Gasteiger partial charge in [0.2, 0.25) is 5.91 Å². The summed E-state index contributed by atoms with van der Waals surface area (Å²) in [4.78, 5) is 13.1. The number of carbonyl (C=O) groups is 1. The molecule has 186 valence electrons. The van der Waals surface area contributed by atoms with Crippen LogP contribution in [0.3, 0.4) is 0 Å². The molecule has 7 heteroatoms. The molecule has 1 amide bonds. The minimum absolute atomic E-state index is 0.0599. The van der Waals surface area contributed by atoms with E-state index in [1.165, 1.54) is 17.3 Å². The second kappa shape index (κ2) is 11.8. The Labute approximate surface area is 222 Å². The smallest absolute Gasteiger partial charge is 0.234 e. The van der Waals surface area contributed by atoms with Gasteiger partial charge in [-0.1, -0.05) is 87.5 Å². The Kier molecular flexibility index (Phi) is 8.49. The van der Waals surface area contributed by atoms with Crippen LogP contribution in [0.25, 0.3) is 17.1 Å². The molecule has 0 spiro atoms. The van der Waals surface area contributed by atoms with Crippen molar-refractivity contribution in [1.29, 1.82) is 0 Å². The van der Waals surface area contributed by atoms with Crippen LogP contribution in [0.15, 0.2) is 71.9 Å². The number of hydrogen-bond donors (Lipinski definition) is 1. The highest BCUT2D eigenvalue weighted by Crippen LogP contribution is 2.33. The van der Waals surface area contributed by atoms with E-state index in [0.29, 0.717) is 21.9 Å². The first kappa shape index (κ1) is 26.0. The van der Waals surface area contributed by atoms with Gasteiger partial charge in [0.15, 0.2) is 11.0 Å². The number of nitrogens with zero attached hydrogens (tertiary/aromatic N) is 3. The lowest BCUT2D eigenvalue weighted by atomic mass is 10.0. The average Bonchev–Trinajstić information content (AvgIpc) is 3.31. The fourth-order valence-corrected chi connectivity index (χ4v) is 5.13. The van der Waals surface area contributed by atoms with E-state index in [9.17, 15) is 4.79 Å². The topological polar surface area (TPSA) is 59.8 Å². The van der Waals surface area contributed by atoms with Crippen molar-refractivity contribution < 1.29 is 4.79 Å². The summed E-state index contributed by atoms with van der Waals surface area (Å²) in [5.74, 6) is 1.19. The molecule has 0 bridgehead atoms. The largest absolute Gasteiger partial charge is 0.325 e. The third-order valence-corrected chi connectivity index (χ3v) is 7.31. The zero-order chi connectivity index (χ0) is 25.7. The lowest BCUT2D eigenvalue weighted by Crippen LogP contribution is -2.17. The first-order valence-corrected chi connectivity index (χ1v) is 13.6. The highest BCUT2D eigenvalue weighted by Gasteiger charge is 2.20. The van der Waals surface area contributed by atoms with Crippen LogP contribution in [0.1, 0.15) is 50.3 Å². The summed E-state index contributed by atoms with van der Waals surface area (Å²) >= 11 is 7.52. The summed E-state index contributed by atoms with van der Waals surface area (Å²) in [6, 6.07) is 22.0. The molecule has 0 aliphatic carbocycles. The fraction of sp³-hybridized carbons (Fsp3) is 0.276. The SMILES string of the molecule is CCc1cccc(CC)c1NC(=O)CSc1nnc(-c2ccc(Cl)cc2)n1-c1ccccc1C(C)C. The number of thioether (sulfide) groups is 1. The summed E-state index contributed by atoms with van der Waals surface area (Å²) in [7, 11) is 0. The second-order valence-electron chi connectivity index (χ2n) is 8.86. The summed E-state index contributed by atoms with van der Waals surface area (Å²) in [5, 5.41) is 13.5. The Morgan fingerprint density at radius 2 is 1.61 bits per heavy atom. The molecule has 1 N–H and O–H groups in total. The highest BCUT2D eigenvalue weighted by molar-refractivity contribution is 7.99.